The van der Waals surface area contributed by atoms with Crippen LogP contribution in [0, 0.1) is 5.92 Å². The molecule has 1 aliphatic rings. The van der Waals surface area contributed by atoms with Crippen molar-refractivity contribution in [3.63, 3.8) is 0 Å². The summed E-state index contributed by atoms with van der Waals surface area (Å²) in [5.41, 5.74) is 0. The zero-order valence-electron chi connectivity index (χ0n) is 10.1. The topological polar surface area (TPSA) is 64.3 Å². The van der Waals surface area contributed by atoms with E-state index < -0.39 is 15.1 Å². The van der Waals surface area contributed by atoms with Crippen LogP contribution in [0.15, 0.2) is 21.2 Å². The molecule has 1 saturated carbocycles. The number of carbonyl (C=O) groups excluding carboxylic acids is 1. The lowest BCUT2D eigenvalue weighted by Gasteiger charge is -2.26. The second kappa shape index (κ2) is 5.17. The third kappa shape index (κ3) is 3.03. The highest BCUT2D eigenvalue weighted by molar-refractivity contribution is 9.10. The van der Waals surface area contributed by atoms with E-state index in [0.717, 1.165) is 12.8 Å². The summed E-state index contributed by atoms with van der Waals surface area (Å²) < 4.78 is 28.9. The Hall–Kier alpha value is -0.620. The minimum absolute atomic E-state index is 0.0888. The van der Waals surface area contributed by atoms with Crippen LogP contribution in [-0.4, -0.2) is 25.7 Å². The molecule has 1 aliphatic carbocycles. The molecule has 4 nitrogen and oxygen atoms in total. The Labute approximate surface area is 115 Å². The van der Waals surface area contributed by atoms with E-state index in [1.807, 2.05) is 0 Å². The lowest BCUT2D eigenvalue weighted by atomic mass is 9.85. The normalized spacial score (nSPS) is 25.0. The third-order valence-corrected chi connectivity index (χ3v) is 5.48. The molecule has 100 valence electrons. The molecule has 0 bridgehead atoms. The van der Waals surface area contributed by atoms with Gasteiger partial charge in [-0.05, 0) is 47.3 Å². The van der Waals surface area contributed by atoms with Gasteiger partial charge in [0.1, 0.15) is 9.84 Å². The van der Waals surface area contributed by atoms with Crippen molar-refractivity contribution in [2.24, 2.45) is 5.92 Å². The van der Waals surface area contributed by atoms with E-state index in [2.05, 4.69) is 15.9 Å². The first-order valence-electron chi connectivity index (χ1n) is 5.86. The highest BCUT2D eigenvalue weighted by Gasteiger charge is 2.33. The van der Waals surface area contributed by atoms with Crippen molar-refractivity contribution < 1.29 is 17.6 Å². The number of rotatable bonds is 3. The first kappa shape index (κ1) is 13.8. The summed E-state index contributed by atoms with van der Waals surface area (Å²) in [5.74, 6) is -0.0217. The maximum absolute atomic E-state index is 12.2. The average Bonchev–Trinajstić information content (AvgIpc) is 2.74. The maximum atomic E-state index is 12.2. The molecular formula is C12H15BrO4S. The fourth-order valence-corrected chi connectivity index (χ4v) is 3.90. The number of halogens is 1. The standard InChI is InChI=1S/C12H15BrO4S/c1-18(15,16)9-4-2-3-8(7-9)12(14)10-5-6-11(13)17-10/h5-6,8-9H,2-4,7H2,1H3. The van der Waals surface area contributed by atoms with Gasteiger partial charge in [0.05, 0.1) is 5.25 Å². The van der Waals surface area contributed by atoms with Crippen molar-refractivity contribution in [2.45, 2.75) is 30.9 Å². The number of carbonyl (C=O) groups is 1. The molecule has 2 atom stereocenters. The summed E-state index contributed by atoms with van der Waals surface area (Å²) in [6.07, 6.45) is 3.83. The predicted octanol–water partition coefficient (Wildman–Crippen LogP) is 2.83. The first-order chi connectivity index (χ1) is 8.38. The van der Waals surface area contributed by atoms with Gasteiger partial charge in [0, 0.05) is 12.2 Å². The van der Waals surface area contributed by atoms with Crippen LogP contribution >= 0.6 is 15.9 Å². The van der Waals surface area contributed by atoms with Crippen molar-refractivity contribution in [2.75, 3.05) is 6.26 Å². The summed E-state index contributed by atoms with van der Waals surface area (Å²) in [6, 6.07) is 3.29. The van der Waals surface area contributed by atoms with E-state index >= 15 is 0 Å². The molecule has 2 unspecified atom stereocenters. The van der Waals surface area contributed by atoms with Crippen LogP contribution in [0.2, 0.25) is 0 Å². The highest BCUT2D eigenvalue weighted by atomic mass is 79.9. The average molecular weight is 335 g/mol. The van der Waals surface area contributed by atoms with Crippen LogP contribution in [0.25, 0.3) is 0 Å². The van der Waals surface area contributed by atoms with Gasteiger partial charge < -0.3 is 4.42 Å². The van der Waals surface area contributed by atoms with Crippen LogP contribution < -0.4 is 0 Å². The lowest BCUT2D eigenvalue weighted by molar-refractivity contribution is 0.0860. The molecular weight excluding hydrogens is 320 g/mol. The largest absolute Gasteiger partial charge is 0.446 e. The van der Waals surface area contributed by atoms with Gasteiger partial charge in [-0.3, -0.25) is 4.79 Å². The number of hydrogen-bond donors (Lipinski definition) is 0. The minimum Gasteiger partial charge on any atom is -0.446 e. The van der Waals surface area contributed by atoms with Gasteiger partial charge in [-0.2, -0.15) is 0 Å². The van der Waals surface area contributed by atoms with E-state index in [9.17, 15) is 13.2 Å². The predicted molar refractivity (Wildman–Crippen MR) is 71.3 cm³/mol. The number of ketones is 1. The Kier molecular flexibility index (Phi) is 3.96. The van der Waals surface area contributed by atoms with E-state index in [1.165, 1.54) is 6.26 Å². The Balaban J connectivity index is 2.12. The number of furan rings is 1. The Morgan fingerprint density at radius 1 is 1.39 bits per heavy atom. The van der Waals surface area contributed by atoms with E-state index in [-0.39, 0.29) is 11.7 Å². The highest BCUT2D eigenvalue weighted by Crippen LogP contribution is 2.31. The summed E-state index contributed by atoms with van der Waals surface area (Å²) in [5, 5.41) is -0.390. The smallest absolute Gasteiger partial charge is 0.201 e. The molecule has 1 heterocycles. The molecule has 0 spiro atoms. The van der Waals surface area contributed by atoms with Gasteiger partial charge in [0.15, 0.2) is 10.4 Å². The second-order valence-electron chi connectivity index (χ2n) is 4.78. The molecule has 0 radical (unpaired) electrons. The van der Waals surface area contributed by atoms with E-state index in [1.54, 1.807) is 12.1 Å². The van der Waals surface area contributed by atoms with Gasteiger partial charge in [0.25, 0.3) is 0 Å². The molecule has 0 aliphatic heterocycles. The molecule has 6 heteroatoms. The van der Waals surface area contributed by atoms with Crippen LogP contribution in [0.4, 0.5) is 0 Å². The first-order valence-corrected chi connectivity index (χ1v) is 8.61. The van der Waals surface area contributed by atoms with Crippen molar-refractivity contribution >= 4 is 31.6 Å². The molecule has 2 rings (SSSR count). The number of Topliss-reactive ketones (excluding diaryl/α,β-unsaturated/α-hetero) is 1. The van der Waals surface area contributed by atoms with Crippen molar-refractivity contribution in [3.05, 3.63) is 22.6 Å². The van der Waals surface area contributed by atoms with E-state index in [0.29, 0.717) is 23.3 Å². The fourth-order valence-electron chi connectivity index (χ4n) is 2.42. The van der Waals surface area contributed by atoms with Crippen LogP contribution in [-0.2, 0) is 9.84 Å². The quantitative estimate of drug-likeness (QED) is 0.797. The molecule has 0 aromatic carbocycles. The van der Waals surface area contributed by atoms with Crippen LogP contribution in [0.1, 0.15) is 36.2 Å². The number of sulfone groups is 1. The van der Waals surface area contributed by atoms with Gasteiger partial charge in [-0.25, -0.2) is 8.42 Å². The Morgan fingerprint density at radius 2 is 2.11 bits per heavy atom. The van der Waals surface area contributed by atoms with Crippen molar-refractivity contribution in [1.29, 1.82) is 0 Å². The summed E-state index contributed by atoms with van der Waals surface area (Å²) in [7, 11) is -3.06. The molecule has 1 aromatic rings. The lowest BCUT2D eigenvalue weighted by Crippen LogP contribution is -2.31. The molecule has 0 amide bonds. The van der Waals surface area contributed by atoms with Gasteiger partial charge in [0.2, 0.25) is 5.78 Å². The molecule has 1 aromatic heterocycles. The summed E-state index contributed by atoms with van der Waals surface area (Å²) in [6.45, 7) is 0. The van der Waals surface area contributed by atoms with Crippen LogP contribution in [0.5, 0.6) is 0 Å². The maximum Gasteiger partial charge on any atom is 0.201 e. The molecule has 0 N–H and O–H groups in total. The zero-order chi connectivity index (χ0) is 13.3. The Morgan fingerprint density at radius 3 is 2.67 bits per heavy atom. The molecule has 1 fully saturated rings. The van der Waals surface area contributed by atoms with Gasteiger partial charge in [-0.1, -0.05) is 6.42 Å². The van der Waals surface area contributed by atoms with Crippen LogP contribution in [0.3, 0.4) is 0 Å². The molecule has 18 heavy (non-hydrogen) atoms. The third-order valence-electron chi connectivity index (χ3n) is 3.42. The second-order valence-corrected chi connectivity index (χ2v) is 7.89. The van der Waals surface area contributed by atoms with Gasteiger partial charge >= 0.3 is 0 Å². The zero-order valence-corrected chi connectivity index (χ0v) is 12.5. The monoisotopic (exact) mass is 334 g/mol. The fraction of sp³-hybridized carbons (Fsp3) is 0.583. The van der Waals surface area contributed by atoms with Crippen molar-refractivity contribution in [1.82, 2.24) is 0 Å². The van der Waals surface area contributed by atoms with Gasteiger partial charge in [-0.15, -0.1) is 0 Å². The van der Waals surface area contributed by atoms with Crippen molar-refractivity contribution in [3.8, 4) is 0 Å². The summed E-state index contributed by atoms with van der Waals surface area (Å²) in [4.78, 5) is 12.2. The number of hydrogen-bond acceptors (Lipinski definition) is 4. The minimum atomic E-state index is -3.06. The SMILES string of the molecule is CS(=O)(=O)C1CCCC(C(=O)c2ccc(Br)o2)C1. The van der Waals surface area contributed by atoms with E-state index in [4.69, 9.17) is 4.42 Å². The Bertz CT molecular complexity index is 546. The molecule has 0 saturated heterocycles. The summed E-state index contributed by atoms with van der Waals surface area (Å²) >= 11 is 3.15.